The van der Waals surface area contributed by atoms with Crippen LogP contribution in [0, 0.1) is 0 Å². The van der Waals surface area contributed by atoms with Crippen molar-refractivity contribution in [3.05, 3.63) is 68.1 Å². The third-order valence-electron chi connectivity index (χ3n) is 4.27. The van der Waals surface area contributed by atoms with E-state index in [1.165, 1.54) is 30.3 Å². The van der Waals surface area contributed by atoms with Crippen molar-refractivity contribution in [3.63, 3.8) is 0 Å². The summed E-state index contributed by atoms with van der Waals surface area (Å²) < 4.78 is 26.8. The molecule has 0 fully saturated rings. The third-order valence-corrected chi connectivity index (χ3v) is 6.16. The highest BCUT2D eigenvalue weighted by atomic mass is 35.5. The van der Waals surface area contributed by atoms with Crippen LogP contribution in [-0.2, 0) is 21.2 Å². The number of carbonyl (C=O) groups is 2. The highest BCUT2D eigenvalue weighted by Gasteiger charge is 2.22. The Morgan fingerprint density at radius 1 is 1.23 bits per heavy atom. The van der Waals surface area contributed by atoms with E-state index in [4.69, 9.17) is 28.7 Å². The summed E-state index contributed by atoms with van der Waals surface area (Å²) in [6, 6.07) is 8.05. The fourth-order valence-corrected chi connectivity index (χ4v) is 4.67. The zero-order valence-corrected chi connectivity index (χ0v) is 17.8. The number of carbonyl (C=O) groups excluding carboxylic acids is 1. The number of halogens is 2. The van der Waals surface area contributed by atoms with E-state index in [1.807, 2.05) is 4.72 Å². The number of hydrogen-bond donors (Lipinski definition) is 3. The van der Waals surface area contributed by atoms with Crippen molar-refractivity contribution >= 4 is 61.7 Å². The number of benzene rings is 2. The molecule has 0 bridgehead atoms. The number of aryl methyl sites for hydroxylation is 1. The first-order valence-electron chi connectivity index (χ1n) is 8.56. The molecule has 0 unspecified atom stereocenters. The summed E-state index contributed by atoms with van der Waals surface area (Å²) in [6.45, 7) is 0. The van der Waals surface area contributed by atoms with Gasteiger partial charge in [0.05, 0.1) is 9.92 Å². The Hall–Kier alpha value is -3.24. The Balaban J connectivity index is 1.83. The predicted octanol–water partition coefficient (Wildman–Crippen LogP) is 4.55. The van der Waals surface area contributed by atoms with Gasteiger partial charge in [-0.15, -0.1) is 0 Å². The van der Waals surface area contributed by atoms with Gasteiger partial charge in [0, 0.05) is 32.9 Å². The van der Waals surface area contributed by atoms with E-state index in [9.17, 15) is 23.1 Å². The second-order valence-electron chi connectivity index (χ2n) is 6.31. The van der Waals surface area contributed by atoms with Crippen molar-refractivity contribution < 1.29 is 23.1 Å². The molecule has 1 heterocycles. The lowest BCUT2D eigenvalue weighted by Gasteiger charge is -2.08. The molecule has 0 aliphatic heterocycles. The summed E-state index contributed by atoms with van der Waals surface area (Å²) in [4.78, 5) is 28.9. The number of carboxylic acids is 1. The van der Waals surface area contributed by atoms with E-state index in [2.05, 4.69) is 15.0 Å². The highest BCUT2D eigenvalue weighted by Crippen LogP contribution is 2.33. The van der Waals surface area contributed by atoms with Crippen molar-refractivity contribution in [2.75, 3.05) is 0 Å². The molecular weight excluding hydrogens is 469 g/mol. The van der Waals surface area contributed by atoms with Gasteiger partial charge in [-0.25, -0.2) is 17.9 Å². The van der Waals surface area contributed by atoms with E-state index >= 15 is 0 Å². The SMILES string of the molecule is [N-]=[N+]=Nc1cccc(S(=O)(=O)NC(=O)CCc2c(C(=O)O)[nH]c3cc(Cl)cc(Cl)c23)c1. The van der Waals surface area contributed by atoms with Crippen LogP contribution in [0.15, 0.2) is 46.4 Å². The average molecular weight is 482 g/mol. The smallest absolute Gasteiger partial charge is 0.352 e. The van der Waals surface area contributed by atoms with Gasteiger partial charge in [-0.3, -0.25) is 4.79 Å². The maximum atomic E-state index is 12.4. The van der Waals surface area contributed by atoms with Gasteiger partial charge in [-0.05, 0) is 41.8 Å². The van der Waals surface area contributed by atoms with Crippen LogP contribution in [0.5, 0.6) is 0 Å². The maximum absolute atomic E-state index is 12.4. The molecule has 3 aromatic rings. The van der Waals surface area contributed by atoms with Crippen LogP contribution < -0.4 is 4.72 Å². The summed E-state index contributed by atoms with van der Waals surface area (Å²) in [5.41, 5.74) is 9.00. The van der Waals surface area contributed by atoms with E-state index in [0.717, 1.165) is 6.07 Å². The molecule has 0 saturated heterocycles. The quantitative estimate of drug-likeness (QED) is 0.255. The minimum absolute atomic E-state index is 0.0658. The van der Waals surface area contributed by atoms with E-state index in [1.54, 1.807) is 0 Å². The number of amides is 1. The van der Waals surface area contributed by atoms with Gasteiger partial charge in [-0.2, -0.15) is 0 Å². The number of hydrogen-bond acceptors (Lipinski definition) is 5. The number of aromatic nitrogens is 1. The maximum Gasteiger partial charge on any atom is 0.352 e. The fraction of sp³-hybridized carbons (Fsp3) is 0.111. The summed E-state index contributed by atoms with van der Waals surface area (Å²) in [7, 11) is -4.22. The van der Waals surface area contributed by atoms with Gasteiger partial charge < -0.3 is 10.1 Å². The van der Waals surface area contributed by atoms with Crippen molar-refractivity contribution in [2.45, 2.75) is 17.7 Å². The van der Waals surface area contributed by atoms with Crippen molar-refractivity contribution in [1.29, 1.82) is 0 Å². The van der Waals surface area contributed by atoms with Crippen LogP contribution in [0.4, 0.5) is 5.69 Å². The number of sulfonamides is 1. The van der Waals surface area contributed by atoms with Crippen LogP contribution in [0.25, 0.3) is 21.3 Å². The average Bonchev–Trinajstić information content (AvgIpc) is 3.05. The number of aromatic carboxylic acids is 1. The Kier molecular flexibility index (Phi) is 6.42. The lowest BCUT2D eigenvalue weighted by Crippen LogP contribution is -2.30. The van der Waals surface area contributed by atoms with Crippen molar-refractivity contribution in [3.8, 4) is 0 Å². The lowest BCUT2D eigenvalue weighted by atomic mass is 10.1. The van der Waals surface area contributed by atoms with Crippen LogP contribution in [-0.4, -0.2) is 30.4 Å². The molecular formula is C18H13Cl2N5O5S. The van der Waals surface area contributed by atoms with Gasteiger partial charge >= 0.3 is 5.97 Å². The standard InChI is InChI=1S/C18H13Cl2N5O5S/c19-9-6-13(20)16-12(17(18(27)28)22-14(16)7-9)4-5-15(26)24-31(29,30)11-3-1-2-10(8-11)23-25-21/h1-3,6-8,22H,4-5H2,(H,24,26)(H,27,28). The van der Waals surface area contributed by atoms with Gasteiger partial charge in [0.1, 0.15) is 5.69 Å². The molecule has 0 radical (unpaired) electrons. The summed E-state index contributed by atoms with van der Waals surface area (Å²) in [5.74, 6) is -2.12. The van der Waals surface area contributed by atoms with Gasteiger partial charge in [0.15, 0.2) is 0 Å². The Labute approximate surface area is 185 Å². The molecule has 31 heavy (non-hydrogen) atoms. The fourth-order valence-electron chi connectivity index (χ4n) is 3.01. The van der Waals surface area contributed by atoms with Gasteiger partial charge in [0.2, 0.25) is 5.91 Å². The molecule has 1 amide bonds. The van der Waals surface area contributed by atoms with E-state index in [0.29, 0.717) is 15.9 Å². The minimum Gasteiger partial charge on any atom is -0.477 e. The molecule has 3 rings (SSSR count). The molecule has 160 valence electrons. The van der Waals surface area contributed by atoms with Crippen molar-refractivity contribution in [1.82, 2.24) is 9.71 Å². The topological polar surface area (TPSA) is 165 Å². The van der Waals surface area contributed by atoms with E-state index < -0.39 is 21.9 Å². The monoisotopic (exact) mass is 481 g/mol. The number of nitrogens with one attached hydrogen (secondary N) is 2. The molecule has 0 saturated carbocycles. The molecule has 0 aliphatic rings. The number of nitrogens with zero attached hydrogens (tertiary/aromatic N) is 3. The number of aromatic amines is 1. The number of rotatable bonds is 7. The highest BCUT2D eigenvalue weighted by molar-refractivity contribution is 7.90. The first-order chi connectivity index (χ1) is 14.6. The number of carboxylic acid groups (broad SMARTS) is 1. The molecule has 0 atom stereocenters. The molecule has 0 aliphatic carbocycles. The Bertz CT molecular complexity index is 1360. The molecule has 0 spiro atoms. The van der Waals surface area contributed by atoms with Crippen LogP contribution in [0.2, 0.25) is 10.0 Å². The second-order valence-corrected chi connectivity index (χ2v) is 8.84. The number of fused-ring (bicyclic) bond motifs is 1. The zero-order valence-electron chi connectivity index (χ0n) is 15.5. The predicted molar refractivity (Wildman–Crippen MR) is 114 cm³/mol. The van der Waals surface area contributed by atoms with Crippen LogP contribution >= 0.6 is 23.2 Å². The number of azide groups is 1. The summed E-state index contributed by atoms with van der Waals surface area (Å²) >= 11 is 12.1. The van der Waals surface area contributed by atoms with Crippen molar-refractivity contribution in [2.24, 2.45) is 5.11 Å². The van der Waals surface area contributed by atoms with E-state index in [-0.39, 0.29) is 39.7 Å². The molecule has 1 aromatic heterocycles. The zero-order chi connectivity index (χ0) is 22.8. The normalized spacial score (nSPS) is 11.2. The molecule has 3 N–H and O–H groups in total. The van der Waals surface area contributed by atoms with Gasteiger partial charge in [0.25, 0.3) is 10.0 Å². The summed E-state index contributed by atoms with van der Waals surface area (Å²) in [6.07, 6.45) is -0.426. The molecule has 13 heteroatoms. The lowest BCUT2D eigenvalue weighted by molar-refractivity contribution is -0.119. The minimum atomic E-state index is -4.22. The molecule has 10 nitrogen and oxygen atoms in total. The first-order valence-corrected chi connectivity index (χ1v) is 10.8. The largest absolute Gasteiger partial charge is 0.477 e. The van der Waals surface area contributed by atoms with Gasteiger partial charge in [-0.1, -0.05) is 40.4 Å². The number of H-pyrrole nitrogens is 1. The second kappa shape index (κ2) is 8.86. The van der Waals surface area contributed by atoms with Crippen LogP contribution in [0.3, 0.4) is 0 Å². The first kappa shape index (κ1) is 22.4. The Morgan fingerprint density at radius 3 is 2.65 bits per heavy atom. The third kappa shape index (κ3) is 4.92. The summed E-state index contributed by atoms with van der Waals surface area (Å²) in [5, 5.41) is 13.7. The van der Waals surface area contributed by atoms with Crippen LogP contribution in [0.1, 0.15) is 22.5 Å². The molecule has 2 aromatic carbocycles. The Morgan fingerprint density at radius 2 is 1.97 bits per heavy atom.